The van der Waals surface area contributed by atoms with Gasteiger partial charge in [-0.25, -0.2) is 4.98 Å². The van der Waals surface area contributed by atoms with Crippen LogP contribution < -0.4 is 11.1 Å². The second-order valence-corrected chi connectivity index (χ2v) is 6.87. The van der Waals surface area contributed by atoms with Gasteiger partial charge in [0.25, 0.3) is 0 Å². The first-order valence-electron chi connectivity index (χ1n) is 7.01. The highest BCUT2D eigenvalue weighted by atomic mass is 32.1. The highest BCUT2D eigenvalue weighted by Crippen LogP contribution is 2.34. The Morgan fingerprint density at radius 2 is 1.95 bits per heavy atom. The first-order chi connectivity index (χ1) is 9.13. The molecule has 1 fully saturated rings. The normalized spacial score (nSPS) is 27.6. The van der Waals surface area contributed by atoms with Crippen molar-refractivity contribution in [3.05, 3.63) is 17.6 Å². The third kappa shape index (κ3) is 2.54. The fourth-order valence-corrected chi connectivity index (χ4v) is 4.06. The fourth-order valence-electron chi connectivity index (χ4n) is 3.36. The molecule has 1 aromatic heterocycles. The number of hydrogen-bond donors (Lipinski definition) is 2. The topological polar surface area (TPSA) is 50.9 Å². The number of nitrogens with two attached hydrogens (primary N) is 1. The average molecular weight is 275 g/mol. The van der Waals surface area contributed by atoms with Crippen molar-refractivity contribution in [1.29, 1.82) is 0 Å². The van der Waals surface area contributed by atoms with Gasteiger partial charge in [-0.05, 0) is 43.2 Å². The van der Waals surface area contributed by atoms with Crippen molar-refractivity contribution in [3.8, 4) is 0 Å². The van der Waals surface area contributed by atoms with Crippen LogP contribution in [0.15, 0.2) is 17.6 Å². The van der Waals surface area contributed by atoms with Gasteiger partial charge in [-0.15, -0.1) is 11.3 Å². The summed E-state index contributed by atoms with van der Waals surface area (Å²) in [5, 5.41) is 3.63. The van der Waals surface area contributed by atoms with Crippen LogP contribution in [-0.2, 0) is 0 Å². The summed E-state index contributed by atoms with van der Waals surface area (Å²) in [6.45, 7) is 4.69. The Labute approximate surface area is 118 Å². The lowest BCUT2D eigenvalue weighted by Crippen LogP contribution is -2.30. The highest BCUT2D eigenvalue weighted by molar-refractivity contribution is 7.16. The lowest BCUT2D eigenvalue weighted by Gasteiger charge is -2.32. The van der Waals surface area contributed by atoms with Crippen LogP contribution in [0.2, 0.25) is 0 Å². The van der Waals surface area contributed by atoms with E-state index in [4.69, 9.17) is 5.73 Å². The summed E-state index contributed by atoms with van der Waals surface area (Å²) >= 11 is 1.64. The summed E-state index contributed by atoms with van der Waals surface area (Å²) in [4.78, 5) is 4.36. The SMILES string of the molecule is CC1CC(C)CC(Nc2ccc3scnc3c2N)C1. The number of anilines is 2. The van der Waals surface area contributed by atoms with Crippen molar-refractivity contribution in [3.63, 3.8) is 0 Å². The van der Waals surface area contributed by atoms with E-state index in [1.54, 1.807) is 11.3 Å². The number of nitrogens with zero attached hydrogens (tertiary/aromatic N) is 1. The zero-order chi connectivity index (χ0) is 13.4. The summed E-state index contributed by atoms with van der Waals surface area (Å²) < 4.78 is 1.16. The van der Waals surface area contributed by atoms with Crippen molar-refractivity contribution >= 4 is 32.9 Å². The summed E-state index contributed by atoms with van der Waals surface area (Å²) in [6, 6.07) is 4.75. The standard InChI is InChI=1S/C15H21N3S/c1-9-5-10(2)7-11(6-9)18-12-3-4-13-15(14(12)16)17-8-19-13/h3-4,8-11,18H,5-7,16H2,1-2H3. The zero-order valence-corrected chi connectivity index (χ0v) is 12.3. The molecule has 2 unspecified atom stereocenters. The van der Waals surface area contributed by atoms with Gasteiger partial charge in [0.2, 0.25) is 0 Å². The molecule has 0 saturated heterocycles. The Morgan fingerprint density at radius 1 is 1.21 bits per heavy atom. The van der Waals surface area contributed by atoms with Crippen molar-refractivity contribution in [2.75, 3.05) is 11.1 Å². The maximum absolute atomic E-state index is 6.23. The predicted octanol–water partition coefficient (Wildman–Crippen LogP) is 4.12. The molecule has 19 heavy (non-hydrogen) atoms. The van der Waals surface area contributed by atoms with E-state index in [1.165, 1.54) is 19.3 Å². The minimum atomic E-state index is 0.539. The molecule has 0 bridgehead atoms. The third-order valence-corrected chi connectivity index (χ3v) is 4.87. The van der Waals surface area contributed by atoms with E-state index >= 15 is 0 Å². The van der Waals surface area contributed by atoms with Gasteiger partial charge in [-0.1, -0.05) is 13.8 Å². The number of hydrogen-bond acceptors (Lipinski definition) is 4. The molecule has 1 aliphatic carbocycles. The molecule has 0 radical (unpaired) electrons. The maximum atomic E-state index is 6.23. The second-order valence-electron chi connectivity index (χ2n) is 5.98. The second kappa shape index (κ2) is 5.00. The Bertz CT molecular complexity index is 568. The molecule has 3 rings (SSSR count). The fraction of sp³-hybridized carbons (Fsp3) is 0.533. The smallest absolute Gasteiger partial charge is 0.106 e. The van der Waals surface area contributed by atoms with Gasteiger partial charge in [0, 0.05) is 6.04 Å². The van der Waals surface area contributed by atoms with Gasteiger partial charge in [0.1, 0.15) is 5.52 Å². The van der Waals surface area contributed by atoms with Crippen LogP contribution in [0, 0.1) is 11.8 Å². The van der Waals surface area contributed by atoms with E-state index < -0.39 is 0 Å². The number of fused-ring (bicyclic) bond motifs is 1. The van der Waals surface area contributed by atoms with Gasteiger partial charge in [0.15, 0.2) is 0 Å². The quantitative estimate of drug-likeness (QED) is 0.811. The van der Waals surface area contributed by atoms with Gasteiger partial charge in [-0.3, -0.25) is 0 Å². The largest absolute Gasteiger partial charge is 0.395 e. The molecule has 0 spiro atoms. The number of thiazole rings is 1. The predicted molar refractivity (Wildman–Crippen MR) is 83.6 cm³/mol. The van der Waals surface area contributed by atoms with Crippen molar-refractivity contribution in [1.82, 2.24) is 4.98 Å². The van der Waals surface area contributed by atoms with Gasteiger partial charge in [0.05, 0.1) is 21.6 Å². The molecule has 2 atom stereocenters. The molecule has 2 aromatic rings. The molecule has 1 heterocycles. The van der Waals surface area contributed by atoms with Crippen LogP contribution in [0.25, 0.3) is 10.2 Å². The van der Waals surface area contributed by atoms with E-state index in [1.807, 2.05) is 5.51 Å². The van der Waals surface area contributed by atoms with Crippen LogP contribution >= 0.6 is 11.3 Å². The van der Waals surface area contributed by atoms with Crippen LogP contribution in [0.5, 0.6) is 0 Å². The first-order valence-corrected chi connectivity index (χ1v) is 7.89. The zero-order valence-electron chi connectivity index (χ0n) is 11.5. The summed E-state index contributed by atoms with van der Waals surface area (Å²) in [7, 11) is 0. The molecular formula is C15H21N3S. The van der Waals surface area contributed by atoms with Crippen molar-refractivity contribution < 1.29 is 0 Å². The van der Waals surface area contributed by atoms with Crippen LogP contribution in [0.3, 0.4) is 0 Å². The average Bonchev–Trinajstić information content (AvgIpc) is 2.80. The molecule has 3 nitrogen and oxygen atoms in total. The number of nitrogen functional groups attached to an aromatic ring is 1. The summed E-state index contributed by atoms with van der Waals surface area (Å²) in [6.07, 6.45) is 3.82. The van der Waals surface area contributed by atoms with Gasteiger partial charge in [-0.2, -0.15) is 0 Å². The van der Waals surface area contributed by atoms with E-state index in [9.17, 15) is 0 Å². The summed E-state index contributed by atoms with van der Waals surface area (Å²) in [5.74, 6) is 1.59. The van der Waals surface area contributed by atoms with Crippen molar-refractivity contribution in [2.24, 2.45) is 11.8 Å². The maximum Gasteiger partial charge on any atom is 0.106 e. The number of nitrogens with one attached hydrogen (secondary N) is 1. The molecule has 0 amide bonds. The number of benzene rings is 1. The molecule has 1 aromatic carbocycles. The first kappa shape index (κ1) is 12.7. The lowest BCUT2D eigenvalue weighted by molar-refractivity contribution is 0.281. The monoisotopic (exact) mass is 275 g/mol. The van der Waals surface area contributed by atoms with E-state index in [0.717, 1.165) is 33.4 Å². The van der Waals surface area contributed by atoms with Gasteiger partial charge >= 0.3 is 0 Å². The Kier molecular flexibility index (Phi) is 3.35. The molecule has 1 saturated carbocycles. The molecular weight excluding hydrogens is 254 g/mol. The lowest BCUT2D eigenvalue weighted by atomic mass is 9.80. The Hall–Kier alpha value is -1.29. The van der Waals surface area contributed by atoms with Crippen LogP contribution in [0.4, 0.5) is 11.4 Å². The Morgan fingerprint density at radius 3 is 2.68 bits per heavy atom. The minimum Gasteiger partial charge on any atom is -0.395 e. The van der Waals surface area contributed by atoms with Crippen LogP contribution in [0.1, 0.15) is 33.1 Å². The Balaban J connectivity index is 1.82. The summed E-state index contributed by atoms with van der Waals surface area (Å²) in [5.41, 5.74) is 10.9. The van der Waals surface area contributed by atoms with E-state index in [2.05, 4.69) is 36.3 Å². The minimum absolute atomic E-state index is 0.539. The molecule has 4 heteroatoms. The van der Waals surface area contributed by atoms with E-state index in [0.29, 0.717) is 6.04 Å². The number of aromatic nitrogens is 1. The van der Waals surface area contributed by atoms with Gasteiger partial charge < -0.3 is 11.1 Å². The van der Waals surface area contributed by atoms with E-state index in [-0.39, 0.29) is 0 Å². The van der Waals surface area contributed by atoms with Crippen LogP contribution in [-0.4, -0.2) is 11.0 Å². The number of rotatable bonds is 2. The molecule has 1 aliphatic rings. The highest BCUT2D eigenvalue weighted by Gasteiger charge is 2.24. The molecule has 0 aliphatic heterocycles. The molecule has 102 valence electrons. The molecule has 3 N–H and O–H groups in total. The third-order valence-electron chi connectivity index (χ3n) is 4.08. The van der Waals surface area contributed by atoms with Crippen molar-refractivity contribution in [2.45, 2.75) is 39.2 Å².